The second kappa shape index (κ2) is 7.79. The first kappa shape index (κ1) is 17.7. The van der Waals surface area contributed by atoms with E-state index in [0.717, 1.165) is 24.0 Å². The van der Waals surface area contributed by atoms with Gasteiger partial charge in [0.05, 0.1) is 0 Å². The minimum Gasteiger partial charge on any atom is -0.367 e. The maximum absolute atomic E-state index is 12.1. The van der Waals surface area contributed by atoms with Crippen molar-refractivity contribution < 1.29 is 4.57 Å². The van der Waals surface area contributed by atoms with E-state index in [1.54, 1.807) is 19.5 Å². The Morgan fingerprint density at radius 2 is 1.78 bits per heavy atom. The number of hydrogen-bond donors (Lipinski definition) is 1. The van der Waals surface area contributed by atoms with Crippen molar-refractivity contribution in [3.8, 4) is 0 Å². The summed E-state index contributed by atoms with van der Waals surface area (Å²) in [5, 5.41) is 4.36. The van der Waals surface area contributed by atoms with Crippen LogP contribution >= 0.6 is 7.14 Å². The SMILES string of the molecule is CC(C)CC(Cc1ccccc1)Nc1ccc(P(C)(C)=O)cn1. The Morgan fingerprint density at radius 1 is 1.09 bits per heavy atom. The van der Waals surface area contributed by atoms with Gasteiger partial charge in [-0.15, -0.1) is 0 Å². The second-order valence-electron chi connectivity index (χ2n) is 6.91. The summed E-state index contributed by atoms with van der Waals surface area (Å²) in [6, 6.07) is 14.7. The van der Waals surface area contributed by atoms with Gasteiger partial charge in [0.25, 0.3) is 0 Å². The van der Waals surface area contributed by atoms with Crippen LogP contribution in [0.4, 0.5) is 5.82 Å². The fourth-order valence-electron chi connectivity index (χ4n) is 2.66. The minimum absolute atomic E-state index is 0.339. The molecule has 0 spiro atoms. The van der Waals surface area contributed by atoms with Crippen molar-refractivity contribution in [2.45, 2.75) is 32.7 Å². The van der Waals surface area contributed by atoms with E-state index in [0.29, 0.717) is 12.0 Å². The molecule has 4 heteroatoms. The zero-order valence-electron chi connectivity index (χ0n) is 14.5. The average molecular weight is 330 g/mol. The van der Waals surface area contributed by atoms with Crippen LogP contribution in [0.3, 0.4) is 0 Å². The molecule has 0 bridgehead atoms. The van der Waals surface area contributed by atoms with Gasteiger partial charge in [0.15, 0.2) is 0 Å². The highest BCUT2D eigenvalue weighted by molar-refractivity contribution is 7.70. The van der Waals surface area contributed by atoms with E-state index in [4.69, 9.17) is 0 Å². The summed E-state index contributed by atoms with van der Waals surface area (Å²) in [4.78, 5) is 4.45. The van der Waals surface area contributed by atoms with E-state index in [1.165, 1.54) is 5.56 Å². The summed E-state index contributed by atoms with van der Waals surface area (Å²) in [6.45, 7) is 8.02. The molecule has 0 amide bonds. The van der Waals surface area contributed by atoms with Crippen molar-refractivity contribution >= 4 is 18.3 Å². The van der Waals surface area contributed by atoms with E-state index in [9.17, 15) is 4.57 Å². The Bertz CT molecular complexity index is 647. The smallest absolute Gasteiger partial charge is 0.126 e. The minimum atomic E-state index is -2.24. The van der Waals surface area contributed by atoms with Gasteiger partial charge in [-0.05, 0) is 49.8 Å². The van der Waals surface area contributed by atoms with Gasteiger partial charge in [0.2, 0.25) is 0 Å². The monoisotopic (exact) mass is 330 g/mol. The topological polar surface area (TPSA) is 42.0 Å². The molecule has 1 N–H and O–H groups in total. The Morgan fingerprint density at radius 3 is 2.30 bits per heavy atom. The fourth-order valence-corrected chi connectivity index (χ4v) is 3.43. The third kappa shape index (κ3) is 5.84. The molecule has 1 heterocycles. The standard InChI is InChI=1S/C19H27N2OP/c1-15(2)12-17(13-16-8-6-5-7-9-16)21-19-11-10-18(14-20-19)23(3,4)22/h5-11,14-15,17H,12-13H2,1-4H3,(H,20,21). The molecule has 0 aliphatic rings. The van der Waals surface area contributed by atoms with Gasteiger partial charge >= 0.3 is 0 Å². The van der Waals surface area contributed by atoms with Gasteiger partial charge in [-0.1, -0.05) is 44.2 Å². The maximum atomic E-state index is 12.1. The van der Waals surface area contributed by atoms with Gasteiger partial charge in [0.1, 0.15) is 13.0 Å². The fraction of sp³-hybridized carbons (Fsp3) is 0.421. The molecule has 0 aliphatic carbocycles. The number of pyridine rings is 1. The lowest BCUT2D eigenvalue weighted by molar-refractivity contribution is 0.514. The van der Waals surface area contributed by atoms with E-state index in [2.05, 4.69) is 48.4 Å². The van der Waals surface area contributed by atoms with Crippen molar-refractivity contribution in [2.24, 2.45) is 5.92 Å². The van der Waals surface area contributed by atoms with Crippen LogP contribution < -0.4 is 10.6 Å². The molecule has 0 radical (unpaired) electrons. The van der Waals surface area contributed by atoms with Gasteiger partial charge in [-0.3, -0.25) is 0 Å². The van der Waals surface area contributed by atoms with Gasteiger partial charge in [-0.2, -0.15) is 0 Å². The van der Waals surface area contributed by atoms with Crippen LogP contribution in [0.5, 0.6) is 0 Å². The summed E-state index contributed by atoms with van der Waals surface area (Å²) in [6.07, 6.45) is 3.79. The van der Waals surface area contributed by atoms with Crippen LogP contribution in [0.15, 0.2) is 48.7 Å². The van der Waals surface area contributed by atoms with Crippen LogP contribution in [0, 0.1) is 5.92 Å². The predicted octanol–water partition coefficient (Wildman–Crippen LogP) is 4.40. The molecular formula is C19H27N2OP. The molecule has 2 rings (SSSR count). The molecule has 1 unspecified atom stereocenters. The number of anilines is 1. The Kier molecular flexibility index (Phi) is 6.01. The van der Waals surface area contributed by atoms with E-state index in [1.807, 2.05) is 18.2 Å². The number of benzene rings is 1. The zero-order chi connectivity index (χ0) is 16.9. The summed E-state index contributed by atoms with van der Waals surface area (Å²) in [5.74, 6) is 1.46. The summed E-state index contributed by atoms with van der Waals surface area (Å²) >= 11 is 0. The maximum Gasteiger partial charge on any atom is 0.126 e. The number of aromatic nitrogens is 1. The van der Waals surface area contributed by atoms with Crippen LogP contribution in [0.2, 0.25) is 0 Å². The van der Waals surface area contributed by atoms with Crippen LogP contribution in [0.1, 0.15) is 25.8 Å². The lowest BCUT2D eigenvalue weighted by Crippen LogP contribution is -2.25. The normalized spacial score (nSPS) is 13.1. The first-order chi connectivity index (χ1) is 10.8. The first-order valence-corrected chi connectivity index (χ1v) is 10.8. The van der Waals surface area contributed by atoms with E-state index >= 15 is 0 Å². The Balaban J connectivity index is 2.09. The van der Waals surface area contributed by atoms with Gasteiger partial charge in [-0.25, -0.2) is 4.98 Å². The number of nitrogens with one attached hydrogen (secondary N) is 1. The largest absolute Gasteiger partial charge is 0.367 e. The van der Waals surface area contributed by atoms with Gasteiger partial charge < -0.3 is 9.88 Å². The van der Waals surface area contributed by atoms with Crippen LogP contribution in [-0.2, 0) is 11.0 Å². The highest BCUT2D eigenvalue weighted by Crippen LogP contribution is 2.34. The molecule has 3 nitrogen and oxygen atoms in total. The van der Waals surface area contributed by atoms with Crippen molar-refractivity contribution in [1.29, 1.82) is 0 Å². The molecule has 1 atom stereocenters. The third-order valence-corrected chi connectivity index (χ3v) is 5.31. The lowest BCUT2D eigenvalue weighted by atomic mass is 9.97. The molecule has 1 aromatic heterocycles. The van der Waals surface area contributed by atoms with Crippen LogP contribution in [-0.4, -0.2) is 24.4 Å². The quantitative estimate of drug-likeness (QED) is 0.765. The number of hydrogen-bond acceptors (Lipinski definition) is 3. The molecule has 0 saturated carbocycles. The molecule has 23 heavy (non-hydrogen) atoms. The number of rotatable bonds is 7. The lowest BCUT2D eigenvalue weighted by Gasteiger charge is -2.21. The molecule has 1 aromatic carbocycles. The Labute approximate surface area is 139 Å². The van der Waals surface area contributed by atoms with Gasteiger partial charge in [0, 0.05) is 17.5 Å². The Hall–Kier alpha value is -1.60. The highest BCUT2D eigenvalue weighted by Gasteiger charge is 2.14. The second-order valence-corrected chi connectivity index (χ2v) is 10.1. The third-order valence-electron chi connectivity index (χ3n) is 3.80. The molecule has 124 valence electrons. The molecule has 2 aromatic rings. The molecule has 0 saturated heterocycles. The number of nitrogens with zero attached hydrogens (tertiary/aromatic N) is 1. The predicted molar refractivity (Wildman–Crippen MR) is 100 cm³/mol. The summed E-state index contributed by atoms with van der Waals surface area (Å²) in [5.41, 5.74) is 1.33. The average Bonchev–Trinajstić information content (AvgIpc) is 2.47. The van der Waals surface area contributed by atoms with Crippen molar-refractivity contribution in [1.82, 2.24) is 4.98 Å². The summed E-state index contributed by atoms with van der Waals surface area (Å²) < 4.78 is 12.1. The highest BCUT2D eigenvalue weighted by atomic mass is 31.2. The summed E-state index contributed by atoms with van der Waals surface area (Å²) in [7, 11) is -2.24. The van der Waals surface area contributed by atoms with Crippen molar-refractivity contribution in [3.05, 3.63) is 54.2 Å². The van der Waals surface area contributed by atoms with Crippen molar-refractivity contribution in [3.63, 3.8) is 0 Å². The molecule has 0 aliphatic heterocycles. The van der Waals surface area contributed by atoms with Crippen LogP contribution in [0.25, 0.3) is 0 Å². The van der Waals surface area contributed by atoms with Crippen molar-refractivity contribution in [2.75, 3.05) is 18.6 Å². The molecular weight excluding hydrogens is 303 g/mol. The zero-order valence-corrected chi connectivity index (χ0v) is 15.4. The van der Waals surface area contributed by atoms with E-state index < -0.39 is 7.14 Å². The van der Waals surface area contributed by atoms with E-state index in [-0.39, 0.29) is 0 Å². The first-order valence-electron chi connectivity index (χ1n) is 8.16. The molecule has 0 fully saturated rings.